The summed E-state index contributed by atoms with van der Waals surface area (Å²) < 4.78 is 43.0. The molecule has 0 radical (unpaired) electrons. The molecule has 0 heterocycles. The molecular weight excluding hydrogens is 159 g/mol. The van der Waals surface area contributed by atoms with Gasteiger partial charge < -0.3 is 4.55 Å². The number of hydrogen-bond donors (Lipinski definition) is 0. The monoisotopic (exact) mass is 169 g/mol. The van der Waals surface area contributed by atoms with Gasteiger partial charge in [0, 0.05) is 0 Å². The summed E-state index contributed by atoms with van der Waals surface area (Å²) in [6.45, 7) is 2.40. The van der Waals surface area contributed by atoms with Crippen LogP contribution in [0.15, 0.2) is 0 Å². The molecule has 0 aliphatic carbocycles. The van der Waals surface area contributed by atoms with Gasteiger partial charge in [-0.2, -0.15) is 0 Å². The van der Waals surface area contributed by atoms with E-state index in [4.69, 9.17) is 0 Å². The maximum atomic E-state index is 12.7. The molecule has 0 aliphatic rings. The van der Waals surface area contributed by atoms with Crippen LogP contribution >= 0.6 is 0 Å². The lowest BCUT2D eigenvalue weighted by Crippen LogP contribution is -2.29. The van der Waals surface area contributed by atoms with E-state index in [1.807, 2.05) is 0 Å². The van der Waals surface area contributed by atoms with E-state index in [2.05, 4.69) is 0 Å². The van der Waals surface area contributed by atoms with Crippen molar-refractivity contribution in [1.82, 2.24) is 0 Å². The minimum Gasteiger partial charge on any atom is -0.745 e. The van der Waals surface area contributed by atoms with Crippen molar-refractivity contribution in [3.05, 3.63) is 0 Å². The molecule has 3 nitrogen and oxygen atoms in total. The summed E-state index contributed by atoms with van der Waals surface area (Å²) in [6, 6.07) is 0. The zero-order chi connectivity index (χ0) is 8.41. The first-order valence-corrected chi connectivity index (χ1v) is 4.36. The van der Waals surface area contributed by atoms with Crippen LogP contribution in [-0.4, -0.2) is 18.0 Å². The Morgan fingerprint density at radius 3 is 2.10 bits per heavy atom. The SMILES string of the molecule is CCCC(C)(F)S(=O)(=O)[O-]. The Kier molecular flexibility index (Phi) is 2.79. The lowest BCUT2D eigenvalue weighted by molar-refractivity contribution is 0.246. The van der Waals surface area contributed by atoms with Crippen LogP contribution in [0.1, 0.15) is 26.7 Å². The number of halogens is 1. The van der Waals surface area contributed by atoms with Crippen LogP contribution < -0.4 is 0 Å². The average Bonchev–Trinajstić information content (AvgIpc) is 1.61. The van der Waals surface area contributed by atoms with Crippen molar-refractivity contribution in [1.29, 1.82) is 0 Å². The first kappa shape index (κ1) is 9.84. The van der Waals surface area contributed by atoms with Gasteiger partial charge in [-0.25, -0.2) is 12.8 Å². The fourth-order valence-electron chi connectivity index (χ4n) is 0.572. The Labute approximate surface area is 60.0 Å². The highest BCUT2D eigenvalue weighted by molar-refractivity contribution is 7.86. The second-order valence-electron chi connectivity index (χ2n) is 2.31. The van der Waals surface area contributed by atoms with Crippen LogP contribution in [0.25, 0.3) is 0 Å². The Morgan fingerprint density at radius 2 is 2.00 bits per heavy atom. The molecule has 0 rings (SSSR count). The second kappa shape index (κ2) is 2.84. The molecule has 0 fully saturated rings. The standard InChI is InChI=1S/C5H11FO3S/c1-3-4-5(2,6)10(7,8)9/h3-4H2,1-2H3,(H,7,8,9)/p-1. The molecule has 0 saturated heterocycles. The molecule has 0 aromatic heterocycles. The van der Waals surface area contributed by atoms with Gasteiger partial charge in [-0.1, -0.05) is 13.3 Å². The minimum atomic E-state index is -4.78. The zero-order valence-corrected chi connectivity index (χ0v) is 6.74. The maximum Gasteiger partial charge on any atom is 0.196 e. The molecule has 0 aromatic rings. The second-order valence-corrected chi connectivity index (χ2v) is 4.07. The molecule has 5 heteroatoms. The van der Waals surface area contributed by atoms with Crippen LogP contribution in [0.4, 0.5) is 4.39 Å². The molecule has 0 aliphatic heterocycles. The number of rotatable bonds is 3. The van der Waals surface area contributed by atoms with Gasteiger partial charge in [-0.15, -0.1) is 0 Å². The first-order valence-electron chi connectivity index (χ1n) is 2.95. The highest BCUT2D eigenvalue weighted by Crippen LogP contribution is 2.22. The molecule has 1 unspecified atom stereocenters. The fourth-order valence-corrected chi connectivity index (χ4v) is 1.03. The minimum absolute atomic E-state index is 0.237. The lowest BCUT2D eigenvalue weighted by atomic mass is 10.2. The fraction of sp³-hybridized carbons (Fsp3) is 1.00. The lowest BCUT2D eigenvalue weighted by Gasteiger charge is -2.22. The molecule has 0 aromatic carbocycles. The van der Waals surface area contributed by atoms with Gasteiger partial charge in [-0.3, -0.25) is 0 Å². The van der Waals surface area contributed by atoms with Crippen molar-refractivity contribution in [2.75, 3.05) is 0 Å². The number of hydrogen-bond acceptors (Lipinski definition) is 3. The van der Waals surface area contributed by atoms with Gasteiger partial charge in [0.15, 0.2) is 5.00 Å². The Morgan fingerprint density at radius 1 is 1.60 bits per heavy atom. The molecule has 0 spiro atoms. The molecule has 0 N–H and O–H groups in total. The van der Waals surface area contributed by atoms with Gasteiger partial charge in [0.05, 0.1) is 0 Å². The van der Waals surface area contributed by atoms with E-state index in [-0.39, 0.29) is 6.42 Å². The summed E-state index contributed by atoms with van der Waals surface area (Å²) in [4.78, 5) is 0. The van der Waals surface area contributed by atoms with Crippen LogP contribution in [-0.2, 0) is 10.1 Å². The topological polar surface area (TPSA) is 57.2 Å². The van der Waals surface area contributed by atoms with E-state index in [1.165, 1.54) is 0 Å². The Hall–Kier alpha value is -0.160. The Bertz CT molecular complexity index is 195. The summed E-state index contributed by atoms with van der Waals surface area (Å²) in [7, 11) is -4.78. The van der Waals surface area contributed by atoms with Crippen molar-refractivity contribution in [3.63, 3.8) is 0 Å². The van der Waals surface area contributed by atoms with E-state index in [0.29, 0.717) is 6.42 Å². The molecule has 0 saturated carbocycles. The third-order valence-corrected chi connectivity index (χ3v) is 2.46. The molecule has 1 atom stereocenters. The van der Waals surface area contributed by atoms with E-state index in [0.717, 1.165) is 6.92 Å². The highest BCUT2D eigenvalue weighted by Gasteiger charge is 2.29. The summed E-state index contributed by atoms with van der Waals surface area (Å²) in [5, 5.41) is -2.60. The Balaban J connectivity index is 4.42. The first-order chi connectivity index (χ1) is 4.31. The van der Waals surface area contributed by atoms with Gasteiger partial charge in [0.25, 0.3) is 0 Å². The smallest absolute Gasteiger partial charge is 0.196 e. The van der Waals surface area contributed by atoms with E-state index in [9.17, 15) is 17.4 Å². The van der Waals surface area contributed by atoms with Crippen molar-refractivity contribution < 1.29 is 17.4 Å². The maximum absolute atomic E-state index is 12.7. The number of alkyl halides is 1. The average molecular weight is 169 g/mol. The van der Waals surface area contributed by atoms with E-state index in [1.54, 1.807) is 6.92 Å². The predicted molar refractivity (Wildman–Crippen MR) is 34.1 cm³/mol. The van der Waals surface area contributed by atoms with Gasteiger partial charge in [-0.05, 0) is 13.3 Å². The van der Waals surface area contributed by atoms with Gasteiger partial charge >= 0.3 is 0 Å². The molecule has 62 valence electrons. The van der Waals surface area contributed by atoms with Crippen molar-refractivity contribution in [3.8, 4) is 0 Å². The summed E-state index contributed by atoms with van der Waals surface area (Å²) in [5.74, 6) is 0. The van der Waals surface area contributed by atoms with Crippen molar-refractivity contribution in [2.24, 2.45) is 0 Å². The van der Waals surface area contributed by atoms with Crippen LogP contribution in [0.5, 0.6) is 0 Å². The third-order valence-electron chi connectivity index (χ3n) is 1.22. The zero-order valence-electron chi connectivity index (χ0n) is 5.93. The molecule has 0 bridgehead atoms. The van der Waals surface area contributed by atoms with Crippen LogP contribution in [0.2, 0.25) is 0 Å². The van der Waals surface area contributed by atoms with Crippen molar-refractivity contribution in [2.45, 2.75) is 31.7 Å². The quantitative estimate of drug-likeness (QED) is 0.592. The molecular formula is C5H10FO3S-. The summed E-state index contributed by atoms with van der Waals surface area (Å²) in [6.07, 6.45) is 0.104. The third kappa shape index (κ3) is 2.22. The summed E-state index contributed by atoms with van der Waals surface area (Å²) in [5.41, 5.74) is 0. The normalized spacial score (nSPS) is 18.4. The summed E-state index contributed by atoms with van der Waals surface area (Å²) >= 11 is 0. The van der Waals surface area contributed by atoms with Gasteiger partial charge in [0.2, 0.25) is 0 Å². The predicted octanol–water partition coefficient (Wildman–Crippen LogP) is 1.02. The van der Waals surface area contributed by atoms with Crippen molar-refractivity contribution >= 4 is 10.1 Å². The van der Waals surface area contributed by atoms with E-state index >= 15 is 0 Å². The van der Waals surface area contributed by atoms with Crippen LogP contribution in [0, 0.1) is 0 Å². The molecule has 10 heavy (non-hydrogen) atoms. The highest BCUT2D eigenvalue weighted by atomic mass is 32.2. The largest absolute Gasteiger partial charge is 0.745 e. The molecule has 0 amide bonds. The van der Waals surface area contributed by atoms with E-state index < -0.39 is 15.1 Å². The van der Waals surface area contributed by atoms with Gasteiger partial charge in [0.1, 0.15) is 10.1 Å². The van der Waals surface area contributed by atoms with Crippen LogP contribution in [0.3, 0.4) is 0 Å².